The molecule has 2 saturated heterocycles. The molecule has 0 aliphatic carbocycles. The maximum Gasteiger partial charge on any atom is 0.320 e. The van der Waals surface area contributed by atoms with Gasteiger partial charge in [0.25, 0.3) is 0 Å². The Labute approximate surface area is 227 Å². The van der Waals surface area contributed by atoms with Crippen molar-refractivity contribution in [2.24, 2.45) is 17.0 Å². The van der Waals surface area contributed by atoms with Crippen LogP contribution in [0.1, 0.15) is 24.5 Å². The van der Waals surface area contributed by atoms with Gasteiger partial charge in [-0.15, -0.1) is 0 Å². The van der Waals surface area contributed by atoms with Crippen molar-refractivity contribution in [3.05, 3.63) is 48.2 Å². The Hall–Kier alpha value is -4.50. The van der Waals surface area contributed by atoms with Crippen molar-refractivity contribution in [3.63, 3.8) is 0 Å². The number of pyridine rings is 1. The molecule has 2 aliphatic rings. The van der Waals surface area contributed by atoms with Gasteiger partial charge >= 0.3 is 6.03 Å². The molecule has 5 rings (SSSR count). The number of rotatable bonds is 4. The predicted octanol–water partition coefficient (Wildman–Crippen LogP) is 2.48. The van der Waals surface area contributed by atoms with E-state index in [0.29, 0.717) is 49.8 Å². The first-order valence-corrected chi connectivity index (χ1v) is 12.9. The van der Waals surface area contributed by atoms with Gasteiger partial charge in [0.1, 0.15) is 6.07 Å². The van der Waals surface area contributed by atoms with Crippen LogP contribution in [0.4, 0.5) is 4.79 Å². The molecule has 0 spiro atoms. The van der Waals surface area contributed by atoms with Gasteiger partial charge in [-0.05, 0) is 31.7 Å². The van der Waals surface area contributed by atoms with Gasteiger partial charge in [0.15, 0.2) is 0 Å². The number of aryl methyl sites for hydroxylation is 1. The number of nitriles is 1. The summed E-state index contributed by atoms with van der Waals surface area (Å²) in [6.45, 7) is 9.42. The number of ether oxygens (including phenoxy) is 1. The summed E-state index contributed by atoms with van der Waals surface area (Å²) in [5.41, 5.74) is 4.75. The number of urea groups is 1. The fourth-order valence-electron chi connectivity index (χ4n) is 5.07. The van der Waals surface area contributed by atoms with Crippen LogP contribution in [0.5, 0.6) is 0 Å². The molecule has 3 aromatic rings. The second-order valence-electron chi connectivity index (χ2n) is 9.76. The molecule has 0 radical (unpaired) electrons. The maximum atomic E-state index is 12.9. The van der Waals surface area contributed by atoms with Crippen LogP contribution in [-0.4, -0.2) is 105 Å². The minimum atomic E-state index is 0.0570. The van der Waals surface area contributed by atoms with Crippen LogP contribution >= 0.6 is 0 Å². The van der Waals surface area contributed by atoms with E-state index in [2.05, 4.69) is 33.0 Å². The van der Waals surface area contributed by atoms with E-state index < -0.39 is 0 Å². The molecule has 39 heavy (non-hydrogen) atoms. The van der Waals surface area contributed by atoms with Crippen LogP contribution in [0.2, 0.25) is 0 Å². The number of aliphatic imine (C=N–C) groups is 2. The van der Waals surface area contributed by atoms with E-state index in [4.69, 9.17) is 4.74 Å². The minimum absolute atomic E-state index is 0.0570. The second-order valence-corrected chi connectivity index (χ2v) is 9.76. The van der Waals surface area contributed by atoms with Gasteiger partial charge in [-0.3, -0.25) is 4.68 Å². The van der Waals surface area contributed by atoms with Gasteiger partial charge < -0.3 is 19.4 Å². The van der Waals surface area contributed by atoms with E-state index in [-0.39, 0.29) is 12.1 Å². The normalized spacial score (nSPS) is 18.6. The number of hydrogen-bond acceptors (Lipinski definition) is 6. The SMILES string of the molecule is C=NC(=N/C=C(\C)c1cc(-c2cnn(C)c2)cn2ncc(C#N)c12)N1CCN(C(=O)N2CC[C@H](OC)C2)CC1. The molecule has 202 valence electrons. The van der Waals surface area contributed by atoms with Gasteiger partial charge in [-0.2, -0.15) is 15.5 Å². The largest absolute Gasteiger partial charge is 0.380 e. The number of carbonyl (C=O) groups excluding carboxylic acids is 1. The third-order valence-electron chi connectivity index (χ3n) is 7.29. The van der Waals surface area contributed by atoms with Crippen molar-refractivity contribution in [3.8, 4) is 17.2 Å². The summed E-state index contributed by atoms with van der Waals surface area (Å²) in [5, 5.41) is 18.3. The molecule has 3 aromatic heterocycles. The summed E-state index contributed by atoms with van der Waals surface area (Å²) in [7, 11) is 3.56. The van der Waals surface area contributed by atoms with Gasteiger partial charge in [-0.1, -0.05) is 0 Å². The molecular formula is C27H32N10O2. The average molecular weight is 529 g/mol. The molecule has 5 heterocycles. The molecular weight excluding hydrogens is 496 g/mol. The number of aromatic nitrogens is 4. The summed E-state index contributed by atoms with van der Waals surface area (Å²) < 4.78 is 8.86. The number of hydrogen-bond donors (Lipinski definition) is 0. The fraction of sp³-hybridized carbons (Fsp3) is 0.407. The summed E-state index contributed by atoms with van der Waals surface area (Å²) >= 11 is 0. The molecule has 1 atom stereocenters. The number of carbonyl (C=O) groups is 1. The van der Waals surface area contributed by atoms with E-state index in [1.165, 1.54) is 0 Å². The smallest absolute Gasteiger partial charge is 0.320 e. The number of amides is 2. The summed E-state index contributed by atoms with van der Waals surface area (Å²) in [4.78, 5) is 27.5. The first-order valence-electron chi connectivity index (χ1n) is 12.9. The molecule has 2 fully saturated rings. The summed E-state index contributed by atoms with van der Waals surface area (Å²) in [5.74, 6) is 0.496. The van der Waals surface area contributed by atoms with Crippen molar-refractivity contribution in [1.29, 1.82) is 5.26 Å². The standard InChI is InChI=1S/C27H32N10O2/c1-19(24-11-20(22-15-31-33(3)16-22)17-37-25(24)21(12-28)14-32-37)13-30-26(29-2)34-7-9-35(10-8-34)27(38)36-6-5-23(18-36)39-4/h11,13-17,23H,2,5-10,18H2,1,3-4H3/b19-13+,30-26?/t23-/m0/s1. The first kappa shape index (κ1) is 26.1. The lowest BCUT2D eigenvalue weighted by Gasteiger charge is -2.36. The van der Waals surface area contributed by atoms with E-state index in [1.807, 2.05) is 47.1 Å². The number of guanidine groups is 1. The van der Waals surface area contributed by atoms with Crippen LogP contribution in [0, 0.1) is 11.3 Å². The highest BCUT2D eigenvalue weighted by atomic mass is 16.5. The number of allylic oxidation sites excluding steroid dienone is 1. The lowest BCUT2D eigenvalue weighted by atomic mass is 10.0. The molecule has 2 aliphatic heterocycles. The van der Waals surface area contributed by atoms with Crippen LogP contribution in [0.3, 0.4) is 0 Å². The number of likely N-dealkylation sites (tertiary alicyclic amines) is 1. The van der Waals surface area contributed by atoms with Crippen LogP contribution in [0.25, 0.3) is 22.2 Å². The maximum absolute atomic E-state index is 12.9. The Kier molecular flexibility index (Phi) is 7.42. The predicted molar refractivity (Wildman–Crippen MR) is 148 cm³/mol. The van der Waals surface area contributed by atoms with Crippen LogP contribution in [-0.2, 0) is 11.8 Å². The number of nitrogens with zero attached hydrogens (tertiary/aromatic N) is 10. The Balaban J connectivity index is 1.35. The van der Waals surface area contributed by atoms with E-state index in [1.54, 1.807) is 34.9 Å². The van der Waals surface area contributed by atoms with Crippen LogP contribution in [0.15, 0.2) is 47.0 Å². The summed E-state index contributed by atoms with van der Waals surface area (Å²) in [6.07, 6.45) is 9.92. The van der Waals surface area contributed by atoms with Gasteiger partial charge in [-0.25, -0.2) is 19.3 Å². The Morgan fingerprint density at radius 2 is 1.90 bits per heavy atom. The molecule has 0 bridgehead atoms. The quantitative estimate of drug-likeness (QED) is 0.379. The third kappa shape index (κ3) is 5.26. The van der Waals surface area contributed by atoms with E-state index in [0.717, 1.165) is 35.2 Å². The molecule has 0 saturated carbocycles. The first-order chi connectivity index (χ1) is 18.9. The molecule has 0 unspecified atom stereocenters. The second kappa shape index (κ2) is 11.1. The lowest BCUT2D eigenvalue weighted by Crippen LogP contribution is -2.53. The summed E-state index contributed by atoms with van der Waals surface area (Å²) in [6, 6.07) is 4.31. The third-order valence-corrected chi connectivity index (χ3v) is 7.29. The Morgan fingerprint density at radius 3 is 2.54 bits per heavy atom. The average Bonchev–Trinajstić information content (AvgIpc) is 3.72. The monoisotopic (exact) mass is 528 g/mol. The van der Waals surface area contributed by atoms with Crippen molar-refractivity contribution >= 4 is 29.8 Å². The Bertz CT molecular complexity index is 1490. The van der Waals surface area contributed by atoms with Crippen LogP contribution < -0.4 is 0 Å². The van der Waals surface area contributed by atoms with Crippen molar-refractivity contribution in [2.45, 2.75) is 19.4 Å². The molecule has 0 aromatic carbocycles. The lowest BCUT2D eigenvalue weighted by molar-refractivity contribution is 0.102. The van der Waals surface area contributed by atoms with Crippen molar-refractivity contribution in [1.82, 2.24) is 34.1 Å². The number of piperazine rings is 1. The van der Waals surface area contributed by atoms with E-state index >= 15 is 0 Å². The fourth-order valence-corrected chi connectivity index (χ4v) is 5.07. The molecule has 12 heteroatoms. The highest BCUT2D eigenvalue weighted by Crippen LogP contribution is 2.29. The van der Waals surface area contributed by atoms with Gasteiger partial charge in [0, 0.05) is 88.7 Å². The topological polar surface area (TPSA) is 120 Å². The van der Waals surface area contributed by atoms with Crippen molar-refractivity contribution in [2.75, 3.05) is 46.4 Å². The van der Waals surface area contributed by atoms with Gasteiger partial charge in [0.05, 0.1) is 29.6 Å². The van der Waals surface area contributed by atoms with Gasteiger partial charge in [0.2, 0.25) is 5.96 Å². The highest BCUT2D eigenvalue weighted by Gasteiger charge is 2.31. The number of methoxy groups -OCH3 is 1. The van der Waals surface area contributed by atoms with Crippen molar-refractivity contribution < 1.29 is 9.53 Å². The Morgan fingerprint density at radius 1 is 1.13 bits per heavy atom. The zero-order valence-corrected chi connectivity index (χ0v) is 22.5. The molecule has 2 amide bonds. The minimum Gasteiger partial charge on any atom is -0.380 e. The zero-order valence-electron chi connectivity index (χ0n) is 22.5. The highest BCUT2D eigenvalue weighted by molar-refractivity contribution is 5.88. The van der Waals surface area contributed by atoms with E-state index in [9.17, 15) is 10.1 Å². The zero-order chi connectivity index (χ0) is 27.5. The molecule has 12 nitrogen and oxygen atoms in total. The molecule has 0 N–H and O–H groups in total. The number of fused-ring (bicyclic) bond motifs is 1.